The number of aryl methyl sites for hydroxylation is 1. The smallest absolute Gasteiger partial charge is 0.107 e. The highest BCUT2D eigenvalue weighted by Crippen LogP contribution is 2.25. The van der Waals surface area contributed by atoms with Crippen molar-refractivity contribution in [1.82, 2.24) is 14.5 Å². The van der Waals surface area contributed by atoms with E-state index in [9.17, 15) is 0 Å². The number of aromatic nitrogens is 3. The normalized spacial score (nSPS) is 11.2. The molecule has 4 nitrogen and oxygen atoms in total. The first-order valence-corrected chi connectivity index (χ1v) is 6.08. The van der Waals surface area contributed by atoms with Gasteiger partial charge in [-0.15, -0.1) is 0 Å². The summed E-state index contributed by atoms with van der Waals surface area (Å²) < 4.78 is 2.18. The van der Waals surface area contributed by atoms with Crippen LogP contribution in [0.15, 0.2) is 36.5 Å². The number of benzene rings is 1. The van der Waals surface area contributed by atoms with E-state index in [0.717, 1.165) is 23.6 Å². The molecule has 2 heterocycles. The van der Waals surface area contributed by atoms with E-state index in [1.165, 1.54) is 10.9 Å². The molecule has 0 spiro atoms. The molecule has 3 rings (SSSR count). The molecule has 1 aromatic carbocycles. The van der Waals surface area contributed by atoms with E-state index in [2.05, 4.69) is 51.9 Å². The van der Waals surface area contributed by atoms with Gasteiger partial charge in [-0.05, 0) is 18.7 Å². The number of fused-ring (bicyclic) bond motifs is 1. The van der Waals surface area contributed by atoms with Crippen molar-refractivity contribution < 1.29 is 0 Å². The highest BCUT2D eigenvalue weighted by atomic mass is 15.0. The number of nitrogens with one attached hydrogen (secondary N) is 1. The first-order chi connectivity index (χ1) is 8.79. The Morgan fingerprint density at radius 1 is 1.33 bits per heavy atom. The highest BCUT2D eigenvalue weighted by molar-refractivity contribution is 5.86. The van der Waals surface area contributed by atoms with Crippen molar-refractivity contribution in [2.75, 3.05) is 6.54 Å². The summed E-state index contributed by atoms with van der Waals surface area (Å²) in [6.07, 6.45) is 2.66. The van der Waals surface area contributed by atoms with Crippen LogP contribution >= 0.6 is 0 Å². The van der Waals surface area contributed by atoms with Gasteiger partial charge in [-0.3, -0.25) is 0 Å². The van der Waals surface area contributed by atoms with Crippen molar-refractivity contribution in [3.8, 4) is 11.4 Å². The topological polar surface area (TPSA) is 59.6 Å². The largest absolute Gasteiger partial charge is 0.342 e. The molecular formula is C14H16N4. The van der Waals surface area contributed by atoms with Gasteiger partial charge < -0.3 is 15.3 Å². The molecule has 92 valence electrons. The molecule has 0 fully saturated rings. The van der Waals surface area contributed by atoms with Gasteiger partial charge in [-0.2, -0.15) is 0 Å². The maximum atomic E-state index is 5.53. The van der Waals surface area contributed by atoms with Crippen LogP contribution in [0.3, 0.4) is 0 Å². The summed E-state index contributed by atoms with van der Waals surface area (Å²) in [6.45, 7) is 0.613. The number of hydrogen-bond donors (Lipinski definition) is 2. The Morgan fingerprint density at radius 3 is 2.94 bits per heavy atom. The van der Waals surface area contributed by atoms with E-state index in [1.54, 1.807) is 0 Å². The Bertz CT molecular complexity index is 678. The highest BCUT2D eigenvalue weighted by Gasteiger charge is 2.09. The third kappa shape index (κ3) is 1.71. The van der Waals surface area contributed by atoms with E-state index in [4.69, 9.17) is 5.73 Å². The van der Waals surface area contributed by atoms with Gasteiger partial charge in [0.1, 0.15) is 5.82 Å². The molecule has 0 radical (unpaired) electrons. The fourth-order valence-electron chi connectivity index (χ4n) is 2.30. The number of H-pyrrole nitrogens is 1. The number of imidazole rings is 1. The summed E-state index contributed by atoms with van der Waals surface area (Å²) in [4.78, 5) is 7.66. The lowest BCUT2D eigenvalue weighted by Gasteiger charge is -2.01. The second kappa shape index (κ2) is 4.31. The van der Waals surface area contributed by atoms with Gasteiger partial charge in [0.2, 0.25) is 0 Å². The molecule has 0 bridgehead atoms. The van der Waals surface area contributed by atoms with Crippen LogP contribution in [-0.4, -0.2) is 21.1 Å². The van der Waals surface area contributed by atoms with E-state index >= 15 is 0 Å². The predicted molar refractivity (Wildman–Crippen MR) is 73.3 cm³/mol. The van der Waals surface area contributed by atoms with Crippen molar-refractivity contribution in [2.45, 2.75) is 6.42 Å². The molecule has 0 amide bonds. The number of rotatable bonds is 3. The first-order valence-electron chi connectivity index (χ1n) is 6.08. The fourth-order valence-corrected chi connectivity index (χ4v) is 2.30. The van der Waals surface area contributed by atoms with Crippen LogP contribution in [0, 0.1) is 0 Å². The van der Waals surface area contributed by atoms with Crippen molar-refractivity contribution >= 4 is 10.9 Å². The monoisotopic (exact) mass is 240 g/mol. The predicted octanol–water partition coefficient (Wildman–Crippen LogP) is 2.07. The van der Waals surface area contributed by atoms with E-state index < -0.39 is 0 Å². The summed E-state index contributed by atoms with van der Waals surface area (Å²) in [6, 6.07) is 10.5. The Balaban J connectivity index is 2.10. The number of nitrogens with zero attached hydrogens (tertiary/aromatic N) is 2. The molecule has 18 heavy (non-hydrogen) atoms. The van der Waals surface area contributed by atoms with Gasteiger partial charge in [0.05, 0.1) is 17.6 Å². The average Bonchev–Trinajstić information content (AvgIpc) is 2.96. The number of para-hydroxylation sites is 1. The average molecular weight is 240 g/mol. The summed E-state index contributed by atoms with van der Waals surface area (Å²) >= 11 is 0. The van der Waals surface area contributed by atoms with E-state index in [0.29, 0.717) is 6.54 Å². The van der Waals surface area contributed by atoms with Crippen molar-refractivity contribution in [3.63, 3.8) is 0 Å². The number of nitrogens with two attached hydrogens (primary N) is 1. The summed E-state index contributed by atoms with van der Waals surface area (Å²) in [5.41, 5.74) is 8.94. The first kappa shape index (κ1) is 11.0. The van der Waals surface area contributed by atoms with Gasteiger partial charge in [-0.25, -0.2) is 4.98 Å². The van der Waals surface area contributed by atoms with Crippen molar-refractivity contribution in [2.24, 2.45) is 12.8 Å². The Kier molecular flexibility index (Phi) is 2.64. The number of hydrogen-bond acceptors (Lipinski definition) is 2. The molecule has 3 aromatic rings. The van der Waals surface area contributed by atoms with Crippen molar-refractivity contribution in [1.29, 1.82) is 0 Å². The Labute approximate surface area is 105 Å². The zero-order valence-corrected chi connectivity index (χ0v) is 10.4. The second-order valence-corrected chi connectivity index (χ2v) is 4.43. The third-order valence-electron chi connectivity index (χ3n) is 3.24. The summed E-state index contributed by atoms with van der Waals surface area (Å²) in [5, 5.41) is 1.24. The Morgan fingerprint density at radius 2 is 2.17 bits per heavy atom. The number of aromatic amines is 1. The minimum atomic E-state index is 0.613. The van der Waals surface area contributed by atoms with Crippen LogP contribution in [0.5, 0.6) is 0 Å². The minimum absolute atomic E-state index is 0.613. The van der Waals surface area contributed by atoms with Gasteiger partial charge in [0.15, 0.2) is 0 Å². The summed E-state index contributed by atoms with van der Waals surface area (Å²) in [5.74, 6) is 0.942. The molecule has 0 atom stereocenters. The van der Waals surface area contributed by atoms with Crippen molar-refractivity contribution in [3.05, 3.63) is 42.4 Å². The summed E-state index contributed by atoms with van der Waals surface area (Å²) in [7, 11) is 2.07. The lowest BCUT2D eigenvalue weighted by Crippen LogP contribution is -2.03. The third-order valence-corrected chi connectivity index (χ3v) is 3.24. The molecule has 2 aromatic heterocycles. The second-order valence-electron chi connectivity index (χ2n) is 4.43. The zero-order chi connectivity index (χ0) is 12.5. The van der Waals surface area contributed by atoms with Crippen LogP contribution in [0.2, 0.25) is 0 Å². The molecular weight excluding hydrogens is 224 g/mol. The molecule has 0 saturated heterocycles. The molecule has 0 aliphatic rings. The SMILES string of the molecule is Cn1c(-c2cnc(CCN)[nH]2)cc2ccccc21. The van der Waals surface area contributed by atoms with Gasteiger partial charge >= 0.3 is 0 Å². The van der Waals surface area contributed by atoms with E-state index in [-0.39, 0.29) is 0 Å². The molecule has 3 N–H and O–H groups in total. The quantitative estimate of drug-likeness (QED) is 0.736. The maximum Gasteiger partial charge on any atom is 0.107 e. The minimum Gasteiger partial charge on any atom is -0.342 e. The van der Waals surface area contributed by atoms with Crippen LogP contribution in [-0.2, 0) is 13.5 Å². The van der Waals surface area contributed by atoms with Gasteiger partial charge in [0, 0.05) is 24.4 Å². The lowest BCUT2D eigenvalue weighted by atomic mass is 10.2. The maximum absolute atomic E-state index is 5.53. The lowest BCUT2D eigenvalue weighted by molar-refractivity contribution is 0.893. The Hall–Kier alpha value is -2.07. The molecule has 0 aliphatic heterocycles. The molecule has 0 unspecified atom stereocenters. The van der Waals surface area contributed by atoms with Gasteiger partial charge in [0.25, 0.3) is 0 Å². The van der Waals surface area contributed by atoms with Crippen LogP contribution < -0.4 is 5.73 Å². The molecule has 0 aliphatic carbocycles. The van der Waals surface area contributed by atoms with E-state index in [1.807, 2.05) is 6.20 Å². The van der Waals surface area contributed by atoms with Gasteiger partial charge in [-0.1, -0.05) is 18.2 Å². The standard InChI is InChI=1S/C14H16N4/c1-18-12-5-3-2-4-10(12)8-13(18)11-9-16-14(17-11)6-7-15/h2-5,8-9H,6-7,15H2,1H3,(H,16,17). The molecule has 4 heteroatoms. The van der Waals surface area contributed by atoms with Crippen LogP contribution in [0.25, 0.3) is 22.3 Å². The zero-order valence-electron chi connectivity index (χ0n) is 10.4. The molecule has 0 saturated carbocycles. The fraction of sp³-hybridized carbons (Fsp3) is 0.214. The van der Waals surface area contributed by atoms with Crippen LogP contribution in [0.4, 0.5) is 0 Å². The van der Waals surface area contributed by atoms with Crippen LogP contribution in [0.1, 0.15) is 5.82 Å².